The van der Waals surface area contributed by atoms with Crippen LogP contribution in [-0.4, -0.2) is 45.1 Å². The van der Waals surface area contributed by atoms with Crippen molar-refractivity contribution in [1.29, 1.82) is 0 Å². The number of aromatic nitrogens is 4. The number of halogens is 2. The van der Waals surface area contributed by atoms with Gasteiger partial charge in [-0.15, -0.1) is 0 Å². The van der Waals surface area contributed by atoms with Crippen molar-refractivity contribution >= 4 is 11.7 Å². The third-order valence-corrected chi connectivity index (χ3v) is 7.15. The molecule has 2 N–H and O–H groups in total. The molecular weight excluding hydrogens is 478 g/mol. The van der Waals surface area contributed by atoms with Gasteiger partial charge in [0, 0.05) is 47.5 Å². The van der Waals surface area contributed by atoms with Crippen molar-refractivity contribution in [3.63, 3.8) is 0 Å². The highest BCUT2D eigenvalue weighted by atomic mass is 19.1. The quantitative estimate of drug-likeness (QED) is 0.399. The Kier molecular flexibility index (Phi) is 5.75. The Morgan fingerprint density at radius 3 is 2.73 bits per heavy atom. The molecule has 37 heavy (non-hydrogen) atoms. The van der Waals surface area contributed by atoms with Crippen molar-refractivity contribution in [2.45, 2.75) is 26.4 Å². The molecule has 0 saturated carbocycles. The van der Waals surface area contributed by atoms with Crippen molar-refractivity contribution in [2.24, 2.45) is 5.92 Å². The fourth-order valence-corrected chi connectivity index (χ4v) is 5.23. The molecule has 0 radical (unpaired) electrons. The Morgan fingerprint density at radius 1 is 1.14 bits per heavy atom. The van der Waals surface area contributed by atoms with Gasteiger partial charge in [-0.05, 0) is 25.5 Å². The molecule has 1 unspecified atom stereocenters. The second kappa shape index (κ2) is 9.11. The van der Waals surface area contributed by atoms with Gasteiger partial charge in [0.15, 0.2) is 0 Å². The highest BCUT2D eigenvalue weighted by molar-refractivity contribution is 5.90. The molecule has 1 atom stereocenters. The van der Waals surface area contributed by atoms with Crippen LogP contribution in [0.1, 0.15) is 23.0 Å². The van der Waals surface area contributed by atoms with Crippen LogP contribution in [0.3, 0.4) is 0 Å². The second-order valence-electron chi connectivity index (χ2n) is 9.57. The minimum atomic E-state index is -0.728. The van der Waals surface area contributed by atoms with Crippen LogP contribution < -0.4 is 10.6 Å². The molecule has 6 rings (SSSR count). The summed E-state index contributed by atoms with van der Waals surface area (Å²) in [5.74, 6) is -0.994. The van der Waals surface area contributed by atoms with Gasteiger partial charge in [-0.3, -0.25) is 4.68 Å². The number of hydrogen-bond acceptors (Lipinski definition) is 4. The number of amides is 2. The Morgan fingerprint density at radius 2 is 1.95 bits per heavy atom. The van der Waals surface area contributed by atoms with E-state index in [-0.39, 0.29) is 23.8 Å². The molecule has 190 valence electrons. The van der Waals surface area contributed by atoms with E-state index in [9.17, 15) is 4.79 Å². The third-order valence-electron chi connectivity index (χ3n) is 7.15. The SMILES string of the molecule is Cc1nn(CC2COC2)c(C)c1-c1cc(F)c(NC(=O)NCC2c3ccccc3-c3cncn32)cc1F. The second-order valence-corrected chi connectivity index (χ2v) is 9.57. The first-order valence-corrected chi connectivity index (χ1v) is 12.2. The van der Waals surface area contributed by atoms with Gasteiger partial charge in [-0.1, -0.05) is 24.3 Å². The summed E-state index contributed by atoms with van der Waals surface area (Å²) >= 11 is 0. The molecule has 0 aliphatic carbocycles. The van der Waals surface area contributed by atoms with E-state index in [0.717, 1.165) is 34.6 Å². The maximum Gasteiger partial charge on any atom is 0.319 e. The van der Waals surface area contributed by atoms with E-state index in [1.807, 2.05) is 40.4 Å². The molecule has 0 spiro atoms. The average Bonchev–Trinajstić information content (AvgIpc) is 3.51. The van der Waals surface area contributed by atoms with E-state index in [0.29, 0.717) is 36.9 Å². The van der Waals surface area contributed by atoms with Gasteiger partial charge in [0.2, 0.25) is 0 Å². The van der Waals surface area contributed by atoms with E-state index in [2.05, 4.69) is 20.7 Å². The lowest BCUT2D eigenvalue weighted by molar-refractivity contribution is -0.0411. The molecular formula is C27H26F2N6O2. The van der Waals surface area contributed by atoms with Crippen LogP contribution >= 0.6 is 0 Å². The number of hydrogen-bond donors (Lipinski definition) is 2. The number of anilines is 1. The summed E-state index contributed by atoms with van der Waals surface area (Å²) in [6, 6.07) is 9.28. The van der Waals surface area contributed by atoms with Crippen LogP contribution in [-0.2, 0) is 11.3 Å². The topological polar surface area (TPSA) is 86.0 Å². The minimum absolute atomic E-state index is 0.116. The van der Waals surface area contributed by atoms with Gasteiger partial charge < -0.3 is 19.9 Å². The predicted octanol–water partition coefficient (Wildman–Crippen LogP) is 4.68. The summed E-state index contributed by atoms with van der Waals surface area (Å²) in [6.07, 6.45) is 3.51. The summed E-state index contributed by atoms with van der Waals surface area (Å²) in [5.41, 5.74) is 4.92. The van der Waals surface area contributed by atoms with E-state index in [1.54, 1.807) is 19.4 Å². The molecule has 2 aromatic heterocycles. The third kappa shape index (κ3) is 4.07. The average molecular weight is 505 g/mol. The van der Waals surface area contributed by atoms with Crippen molar-refractivity contribution in [1.82, 2.24) is 24.6 Å². The van der Waals surface area contributed by atoms with Crippen LogP contribution in [0, 0.1) is 31.4 Å². The minimum Gasteiger partial charge on any atom is -0.381 e. The number of urea groups is 1. The monoisotopic (exact) mass is 504 g/mol. The highest BCUT2D eigenvalue weighted by Gasteiger charge is 2.28. The number of fused-ring (bicyclic) bond motifs is 3. The number of ether oxygens (including phenoxy) is 1. The zero-order valence-corrected chi connectivity index (χ0v) is 20.5. The Hall–Kier alpha value is -4.05. The highest BCUT2D eigenvalue weighted by Crippen LogP contribution is 2.38. The largest absolute Gasteiger partial charge is 0.381 e. The van der Waals surface area contributed by atoms with Gasteiger partial charge in [0.05, 0.1) is 48.9 Å². The van der Waals surface area contributed by atoms with E-state index in [4.69, 9.17) is 4.74 Å². The number of benzene rings is 2. The zero-order valence-electron chi connectivity index (χ0n) is 20.5. The standard InChI is InChI=1S/C27H26F2N6O2/c1-15-26(16(2)35(33-15)11-17-12-37-13-17)20-7-22(29)23(8-21(20)28)32-27(36)31-10-25-19-6-4-3-5-18(19)24-9-30-14-34(24)25/h3-9,14,17,25H,10-13H2,1-2H3,(H2,31,32,36). The molecule has 2 aliphatic rings. The summed E-state index contributed by atoms with van der Waals surface area (Å²) < 4.78 is 39.3. The predicted molar refractivity (Wildman–Crippen MR) is 134 cm³/mol. The number of nitrogens with one attached hydrogen (secondary N) is 2. The molecule has 2 aliphatic heterocycles. The molecule has 1 saturated heterocycles. The molecule has 2 aromatic carbocycles. The van der Waals surface area contributed by atoms with E-state index in [1.165, 1.54) is 0 Å². The first kappa shape index (κ1) is 23.4. The molecule has 10 heteroatoms. The summed E-state index contributed by atoms with van der Waals surface area (Å²) in [5, 5.41) is 9.75. The zero-order chi connectivity index (χ0) is 25.7. The van der Waals surface area contributed by atoms with Crippen LogP contribution in [0.25, 0.3) is 22.4 Å². The molecule has 4 aromatic rings. The van der Waals surface area contributed by atoms with Gasteiger partial charge in [0.1, 0.15) is 11.6 Å². The molecule has 0 bridgehead atoms. The molecule has 1 fully saturated rings. The van der Waals surface area contributed by atoms with Crippen molar-refractivity contribution in [3.05, 3.63) is 77.5 Å². The Bertz CT molecular complexity index is 1510. The number of aryl methyl sites for hydroxylation is 1. The maximum atomic E-state index is 15.2. The van der Waals surface area contributed by atoms with Gasteiger partial charge in [0.25, 0.3) is 0 Å². The van der Waals surface area contributed by atoms with E-state index >= 15 is 8.78 Å². The van der Waals surface area contributed by atoms with Gasteiger partial charge >= 0.3 is 6.03 Å². The first-order chi connectivity index (χ1) is 17.9. The summed E-state index contributed by atoms with van der Waals surface area (Å²) in [4.78, 5) is 16.8. The number of rotatable bonds is 6. The van der Waals surface area contributed by atoms with Crippen molar-refractivity contribution < 1.29 is 18.3 Å². The number of imidazole rings is 1. The molecule has 8 nitrogen and oxygen atoms in total. The lowest BCUT2D eigenvalue weighted by Crippen LogP contribution is -2.33. The van der Waals surface area contributed by atoms with Crippen molar-refractivity contribution in [3.8, 4) is 22.4 Å². The summed E-state index contributed by atoms with van der Waals surface area (Å²) in [6.45, 7) is 5.91. The van der Waals surface area contributed by atoms with Crippen LogP contribution in [0.4, 0.5) is 19.3 Å². The number of carbonyl (C=O) groups excluding carboxylic acids is 1. The molecule has 4 heterocycles. The lowest BCUT2D eigenvalue weighted by atomic mass is 10.0. The van der Waals surface area contributed by atoms with Crippen LogP contribution in [0.15, 0.2) is 48.9 Å². The van der Waals surface area contributed by atoms with E-state index < -0.39 is 17.7 Å². The van der Waals surface area contributed by atoms with Gasteiger partial charge in [-0.2, -0.15) is 5.10 Å². The smallest absolute Gasteiger partial charge is 0.319 e. The maximum absolute atomic E-state index is 15.2. The van der Waals surface area contributed by atoms with Crippen LogP contribution in [0.2, 0.25) is 0 Å². The number of carbonyl (C=O) groups is 1. The Labute approximate surface area is 212 Å². The number of nitrogens with zero attached hydrogens (tertiary/aromatic N) is 4. The molecule has 2 amide bonds. The van der Waals surface area contributed by atoms with Crippen molar-refractivity contribution in [2.75, 3.05) is 25.1 Å². The Balaban J connectivity index is 1.17. The fourth-order valence-electron chi connectivity index (χ4n) is 5.23. The lowest BCUT2D eigenvalue weighted by Gasteiger charge is -2.26. The first-order valence-electron chi connectivity index (χ1n) is 12.2. The van der Waals surface area contributed by atoms with Crippen LogP contribution in [0.5, 0.6) is 0 Å². The fraction of sp³-hybridized carbons (Fsp3) is 0.296. The summed E-state index contributed by atoms with van der Waals surface area (Å²) in [7, 11) is 0. The van der Waals surface area contributed by atoms with Gasteiger partial charge in [-0.25, -0.2) is 18.6 Å². The normalized spacial score (nSPS) is 16.3.